The van der Waals surface area contributed by atoms with Crippen LogP contribution in [0.3, 0.4) is 0 Å². The fraction of sp³-hybridized carbons (Fsp3) is 0.571. The molecule has 0 spiro atoms. The van der Waals surface area contributed by atoms with Gasteiger partial charge in [0.25, 0.3) is 0 Å². The first-order valence-corrected chi connectivity index (χ1v) is 6.58. The predicted molar refractivity (Wildman–Crippen MR) is 75.7 cm³/mol. The molecule has 0 saturated carbocycles. The van der Waals surface area contributed by atoms with Gasteiger partial charge in [-0.1, -0.05) is 31.5 Å². The van der Waals surface area contributed by atoms with Gasteiger partial charge in [-0.3, -0.25) is 0 Å². The zero-order valence-corrected chi connectivity index (χ0v) is 12.3. The van der Waals surface area contributed by atoms with Gasteiger partial charge in [0.15, 0.2) is 11.5 Å². The number of ether oxygens (including phenoxy) is 2. The third-order valence-corrected chi connectivity index (χ3v) is 3.19. The minimum absolute atomic E-state index is 0.599. The van der Waals surface area contributed by atoms with Gasteiger partial charge >= 0.3 is 0 Å². The summed E-state index contributed by atoms with van der Waals surface area (Å²) in [6.45, 7) is 6.16. The quantitative estimate of drug-likeness (QED) is 0.770. The van der Waals surface area contributed by atoms with E-state index in [4.69, 9.17) is 21.1 Å². The summed E-state index contributed by atoms with van der Waals surface area (Å²) in [5.41, 5.74) is 1.03. The van der Waals surface area contributed by atoms with Gasteiger partial charge in [-0.05, 0) is 30.5 Å². The highest BCUT2D eigenvalue weighted by atomic mass is 35.5. The van der Waals surface area contributed by atoms with Gasteiger partial charge in [0.1, 0.15) is 0 Å². The van der Waals surface area contributed by atoms with Gasteiger partial charge in [-0.2, -0.15) is 0 Å². The molecule has 0 aliphatic rings. The van der Waals surface area contributed by atoms with Crippen molar-refractivity contribution in [1.82, 2.24) is 5.32 Å². The summed E-state index contributed by atoms with van der Waals surface area (Å²) in [5, 5.41) is 4.00. The maximum absolute atomic E-state index is 6.29. The van der Waals surface area contributed by atoms with E-state index < -0.39 is 0 Å². The Kier molecular flexibility index (Phi) is 6.30. The van der Waals surface area contributed by atoms with Crippen molar-refractivity contribution in [2.45, 2.75) is 26.8 Å². The highest BCUT2D eigenvalue weighted by Gasteiger charge is 2.12. The van der Waals surface area contributed by atoms with E-state index in [2.05, 4.69) is 19.2 Å². The van der Waals surface area contributed by atoms with Crippen molar-refractivity contribution in [2.24, 2.45) is 5.92 Å². The highest BCUT2D eigenvalue weighted by Crippen LogP contribution is 2.37. The van der Waals surface area contributed by atoms with Gasteiger partial charge in [-0.25, -0.2) is 0 Å². The molecule has 1 aromatic rings. The number of rotatable bonds is 7. The minimum Gasteiger partial charge on any atom is -0.493 e. The summed E-state index contributed by atoms with van der Waals surface area (Å²) in [5.74, 6) is 1.97. The monoisotopic (exact) mass is 271 g/mol. The SMILES string of the molecule is COc1ccc(CNCCC(C)C)c(Cl)c1OC. The zero-order valence-electron chi connectivity index (χ0n) is 11.5. The second kappa shape index (κ2) is 7.49. The Bertz CT molecular complexity index is 380. The molecular formula is C14H22ClNO2. The van der Waals surface area contributed by atoms with Gasteiger partial charge in [0.2, 0.25) is 0 Å². The molecule has 0 aliphatic carbocycles. The Labute approximate surface area is 114 Å². The summed E-state index contributed by atoms with van der Waals surface area (Å²) in [6, 6.07) is 3.84. The third-order valence-electron chi connectivity index (χ3n) is 2.78. The average molecular weight is 272 g/mol. The number of hydrogen-bond donors (Lipinski definition) is 1. The molecule has 0 amide bonds. The molecule has 0 bridgehead atoms. The summed E-state index contributed by atoms with van der Waals surface area (Å²) < 4.78 is 10.5. The first kappa shape index (κ1) is 15.1. The molecule has 0 heterocycles. The third kappa shape index (κ3) is 4.07. The molecule has 0 fully saturated rings. The van der Waals surface area contributed by atoms with Gasteiger partial charge in [-0.15, -0.1) is 0 Å². The zero-order chi connectivity index (χ0) is 13.5. The van der Waals surface area contributed by atoms with Crippen LogP contribution in [0.15, 0.2) is 12.1 Å². The summed E-state index contributed by atoms with van der Waals surface area (Å²) in [4.78, 5) is 0. The molecule has 0 aliphatic heterocycles. The van der Waals surface area contributed by atoms with Crippen molar-refractivity contribution >= 4 is 11.6 Å². The number of benzene rings is 1. The first-order valence-electron chi connectivity index (χ1n) is 6.20. The van der Waals surface area contributed by atoms with Crippen molar-refractivity contribution in [1.29, 1.82) is 0 Å². The Balaban J connectivity index is 2.66. The second-order valence-corrected chi connectivity index (χ2v) is 5.01. The smallest absolute Gasteiger partial charge is 0.179 e. The molecule has 0 aromatic heterocycles. The first-order chi connectivity index (χ1) is 8.60. The van der Waals surface area contributed by atoms with Crippen LogP contribution in [0.1, 0.15) is 25.8 Å². The standard InChI is InChI=1S/C14H22ClNO2/c1-10(2)7-8-16-9-11-5-6-12(17-3)14(18-4)13(11)15/h5-6,10,16H,7-9H2,1-4H3. The van der Waals surface area contributed by atoms with Crippen LogP contribution in [0.5, 0.6) is 11.5 Å². The van der Waals surface area contributed by atoms with Crippen molar-refractivity contribution in [3.63, 3.8) is 0 Å². The van der Waals surface area contributed by atoms with E-state index in [9.17, 15) is 0 Å². The Morgan fingerprint density at radius 3 is 2.50 bits per heavy atom. The van der Waals surface area contributed by atoms with Crippen LogP contribution >= 0.6 is 11.6 Å². The van der Waals surface area contributed by atoms with E-state index in [1.165, 1.54) is 0 Å². The van der Waals surface area contributed by atoms with Crippen molar-refractivity contribution in [3.8, 4) is 11.5 Å². The van der Waals surface area contributed by atoms with Crippen LogP contribution in [0.2, 0.25) is 5.02 Å². The fourth-order valence-electron chi connectivity index (χ4n) is 1.68. The Morgan fingerprint density at radius 2 is 1.94 bits per heavy atom. The molecular weight excluding hydrogens is 250 g/mol. The van der Waals surface area contributed by atoms with Gasteiger partial charge < -0.3 is 14.8 Å². The second-order valence-electron chi connectivity index (χ2n) is 4.63. The molecule has 0 radical (unpaired) electrons. The van der Waals surface area contributed by atoms with E-state index in [0.29, 0.717) is 22.4 Å². The van der Waals surface area contributed by atoms with Crippen LogP contribution in [-0.4, -0.2) is 20.8 Å². The summed E-state index contributed by atoms with van der Waals surface area (Å²) in [6.07, 6.45) is 1.16. The minimum atomic E-state index is 0.599. The van der Waals surface area contributed by atoms with E-state index in [0.717, 1.165) is 25.1 Å². The van der Waals surface area contributed by atoms with E-state index >= 15 is 0 Å². The van der Waals surface area contributed by atoms with Crippen molar-refractivity contribution < 1.29 is 9.47 Å². The number of hydrogen-bond acceptors (Lipinski definition) is 3. The molecule has 0 atom stereocenters. The van der Waals surface area contributed by atoms with Crippen LogP contribution in [0.4, 0.5) is 0 Å². The van der Waals surface area contributed by atoms with Crippen molar-refractivity contribution in [2.75, 3.05) is 20.8 Å². The van der Waals surface area contributed by atoms with Crippen LogP contribution in [-0.2, 0) is 6.54 Å². The lowest BCUT2D eigenvalue weighted by molar-refractivity contribution is 0.354. The lowest BCUT2D eigenvalue weighted by Gasteiger charge is -2.13. The number of methoxy groups -OCH3 is 2. The molecule has 4 heteroatoms. The topological polar surface area (TPSA) is 30.5 Å². The lowest BCUT2D eigenvalue weighted by atomic mass is 10.1. The lowest BCUT2D eigenvalue weighted by Crippen LogP contribution is -2.16. The van der Waals surface area contributed by atoms with E-state index in [-0.39, 0.29) is 0 Å². The highest BCUT2D eigenvalue weighted by molar-refractivity contribution is 6.33. The summed E-state index contributed by atoms with van der Waals surface area (Å²) >= 11 is 6.29. The summed E-state index contributed by atoms with van der Waals surface area (Å²) in [7, 11) is 3.20. The van der Waals surface area contributed by atoms with Crippen molar-refractivity contribution in [3.05, 3.63) is 22.7 Å². The van der Waals surface area contributed by atoms with Gasteiger partial charge in [0.05, 0.1) is 19.2 Å². The molecule has 18 heavy (non-hydrogen) atoms. The predicted octanol–water partition coefficient (Wildman–Crippen LogP) is 3.49. The van der Waals surface area contributed by atoms with Gasteiger partial charge in [0, 0.05) is 6.54 Å². The fourth-order valence-corrected chi connectivity index (χ4v) is 1.98. The molecule has 0 saturated heterocycles. The Morgan fingerprint density at radius 1 is 1.22 bits per heavy atom. The molecule has 3 nitrogen and oxygen atoms in total. The number of nitrogens with one attached hydrogen (secondary N) is 1. The molecule has 0 unspecified atom stereocenters. The molecule has 1 N–H and O–H groups in total. The van der Waals surface area contributed by atoms with Crippen LogP contribution in [0.25, 0.3) is 0 Å². The molecule has 102 valence electrons. The van der Waals surface area contributed by atoms with E-state index in [1.54, 1.807) is 14.2 Å². The maximum atomic E-state index is 6.29. The van der Waals surface area contributed by atoms with E-state index in [1.807, 2.05) is 12.1 Å². The maximum Gasteiger partial charge on any atom is 0.179 e. The average Bonchev–Trinajstić information content (AvgIpc) is 2.35. The normalized spacial score (nSPS) is 10.8. The van der Waals surface area contributed by atoms with Crippen LogP contribution < -0.4 is 14.8 Å². The Hall–Kier alpha value is -0.930. The molecule has 1 aromatic carbocycles. The van der Waals surface area contributed by atoms with Crippen LogP contribution in [0, 0.1) is 5.92 Å². The largest absolute Gasteiger partial charge is 0.493 e. The molecule has 1 rings (SSSR count). The number of halogens is 1.